The molecule has 0 amide bonds. The molecule has 0 aliphatic rings. The lowest BCUT2D eigenvalue weighted by Crippen LogP contribution is -2.30. The number of rotatable bonds is 62. The first-order valence-corrected chi connectivity index (χ1v) is 36.8. The SMILES string of the molecule is CCC(C)CCCCCCCCC(=O)OC[C@H](COP(=O)(O)OC[C@H](O)COP(=O)(O)OC[C@@H](COC(=O)CCCCCCCCC(C)C)OC(=O)CCCCCCCCCCCCCCC(C)C)OC(=O)CCCCCCCCC(C)CC. The van der Waals surface area contributed by atoms with Crippen LogP contribution in [0.25, 0.3) is 0 Å². The summed E-state index contributed by atoms with van der Waals surface area (Å²) in [7, 11) is -9.89. The van der Waals surface area contributed by atoms with E-state index in [1.807, 2.05) is 0 Å². The second-order valence-electron chi connectivity index (χ2n) is 24.9. The van der Waals surface area contributed by atoms with Crippen molar-refractivity contribution in [2.24, 2.45) is 23.7 Å². The summed E-state index contributed by atoms with van der Waals surface area (Å²) in [5, 5.41) is 10.5. The van der Waals surface area contributed by atoms with Crippen LogP contribution >= 0.6 is 15.6 Å². The Hall–Kier alpha value is -1.94. The molecule has 3 N–H and O–H groups in total. The lowest BCUT2D eigenvalue weighted by atomic mass is 10.00. The summed E-state index contributed by atoms with van der Waals surface area (Å²) < 4.78 is 68.0. The Bertz CT molecular complexity index is 1680. The third-order valence-electron chi connectivity index (χ3n) is 15.5. The number of hydrogen-bond acceptors (Lipinski definition) is 15. The van der Waals surface area contributed by atoms with Crippen LogP contribution in [0.1, 0.15) is 312 Å². The van der Waals surface area contributed by atoms with Crippen molar-refractivity contribution >= 4 is 39.5 Å². The van der Waals surface area contributed by atoms with Crippen LogP contribution in [0.3, 0.4) is 0 Å². The number of phosphoric acid groups is 2. The van der Waals surface area contributed by atoms with Crippen LogP contribution in [-0.4, -0.2) is 96.7 Å². The van der Waals surface area contributed by atoms with Crippen molar-refractivity contribution in [1.29, 1.82) is 0 Å². The number of carbonyl (C=O) groups excluding carboxylic acids is 4. The van der Waals surface area contributed by atoms with Gasteiger partial charge in [-0.3, -0.25) is 37.3 Å². The van der Waals surface area contributed by atoms with E-state index in [0.717, 1.165) is 120 Å². The Morgan fingerprint density at radius 2 is 0.571 bits per heavy atom. The minimum atomic E-state index is -4.95. The molecule has 0 aromatic rings. The average Bonchev–Trinajstić information content (AvgIpc) is 3.47. The number of aliphatic hydroxyl groups is 1. The molecule has 0 radical (unpaired) electrons. The molecule has 84 heavy (non-hydrogen) atoms. The average molecular weight is 1240 g/mol. The molecule has 498 valence electrons. The third kappa shape index (κ3) is 56.6. The third-order valence-corrected chi connectivity index (χ3v) is 17.4. The Kier molecular flexibility index (Phi) is 53.9. The van der Waals surface area contributed by atoms with E-state index >= 15 is 0 Å². The largest absolute Gasteiger partial charge is 0.472 e. The van der Waals surface area contributed by atoms with Crippen LogP contribution in [0.4, 0.5) is 0 Å². The number of esters is 4. The maximum atomic E-state index is 13.0. The van der Waals surface area contributed by atoms with Gasteiger partial charge in [0.05, 0.1) is 26.4 Å². The monoisotopic (exact) mass is 1240 g/mol. The minimum Gasteiger partial charge on any atom is -0.462 e. The highest BCUT2D eigenvalue weighted by Gasteiger charge is 2.30. The van der Waals surface area contributed by atoms with Gasteiger partial charge < -0.3 is 33.8 Å². The summed E-state index contributed by atoms with van der Waals surface area (Å²) in [6.07, 6.45) is 35.0. The molecule has 19 heteroatoms. The molecular weight excluding hydrogens is 1110 g/mol. The van der Waals surface area contributed by atoms with Crippen molar-refractivity contribution in [2.45, 2.75) is 331 Å². The van der Waals surface area contributed by atoms with Crippen molar-refractivity contribution in [3.63, 3.8) is 0 Å². The molecule has 0 spiro atoms. The fourth-order valence-corrected chi connectivity index (χ4v) is 11.1. The molecule has 0 saturated heterocycles. The summed E-state index contributed by atoms with van der Waals surface area (Å²) in [6, 6.07) is 0. The van der Waals surface area contributed by atoms with Crippen molar-refractivity contribution in [1.82, 2.24) is 0 Å². The molecule has 0 heterocycles. The molecular formula is C65H126O17P2. The second kappa shape index (κ2) is 55.2. The zero-order chi connectivity index (χ0) is 62.5. The molecule has 0 saturated carbocycles. The highest BCUT2D eigenvalue weighted by Crippen LogP contribution is 2.45. The first-order chi connectivity index (χ1) is 40.2. The number of carbonyl (C=O) groups is 4. The zero-order valence-electron chi connectivity index (χ0n) is 54.5. The van der Waals surface area contributed by atoms with E-state index in [2.05, 4.69) is 55.4 Å². The molecule has 17 nitrogen and oxygen atoms in total. The summed E-state index contributed by atoms with van der Waals surface area (Å²) in [6.45, 7) is 13.9. The van der Waals surface area contributed by atoms with E-state index in [1.165, 1.54) is 103 Å². The van der Waals surface area contributed by atoms with E-state index in [4.69, 9.17) is 37.0 Å². The number of hydrogen-bond donors (Lipinski definition) is 3. The Morgan fingerprint density at radius 1 is 0.333 bits per heavy atom. The van der Waals surface area contributed by atoms with Gasteiger partial charge in [-0.2, -0.15) is 0 Å². The van der Waals surface area contributed by atoms with Crippen LogP contribution in [0.5, 0.6) is 0 Å². The Morgan fingerprint density at radius 3 is 0.845 bits per heavy atom. The van der Waals surface area contributed by atoms with Gasteiger partial charge in [-0.15, -0.1) is 0 Å². The number of ether oxygens (including phenoxy) is 4. The molecule has 0 aromatic carbocycles. The van der Waals surface area contributed by atoms with Gasteiger partial charge in [0.2, 0.25) is 0 Å². The van der Waals surface area contributed by atoms with Crippen molar-refractivity contribution in [3.05, 3.63) is 0 Å². The van der Waals surface area contributed by atoms with Crippen LogP contribution in [0.15, 0.2) is 0 Å². The quantitative estimate of drug-likeness (QED) is 0.0222. The predicted octanol–water partition coefficient (Wildman–Crippen LogP) is 17.8. The molecule has 7 atom stereocenters. The van der Waals surface area contributed by atoms with Gasteiger partial charge in [-0.25, -0.2) is 9.13 Å². The first kappa shape index (κ1) is 82.1. The Balaban J connectivity index is 5.24. The molecule has 0 rings (SSSR count). The van der Waals surface area contributed by atoms with Gasteiger partial charge in [0.1, 0.15) is 19.3 Å². The highest BCUT2D eigenvalue weighted by atomic mass is 31.2. The minimum absolute atomic E-state index is 0.101. The van der Waals surface area contributed by atoms with Gasteiger partial charge in [0, 0.05) is 25.7 Å². The topological polar surface area (TPSA) is 237 Å². The molecule has 0 aliphatic heterocycles. The van der Waals surface area contributed by atoms with Crippen molar-refractivity contribution in [2.75, 3.05) is 39.6 Å². The standard InChI is InChI=1S/C65H126O17P2/c1-9-57(7)43-35-27-20-23-30-38-46-63(68)76-52-61(82-65(70)48-40-32-24-21-28-36-44-58(8)10-2)54-80-84(73,74)78-50-59(66)49-77-83(71,72)79-53-60(51-75-62(67)45-37-29-22-19-26-34-42-56(5)6)81-64(69)47-39-31-18-16-14-12-11-13-15-17-25-33-41-55(3)4/h55-61,66H,9-54H2,1-8H3,(H,71,72)(H,73,74)/t57?,58?,59-,60-,61-/m1/s1. The van der Waals surface area contributed by atoms with E-state index in [9.17, 15) is 43.2 Å². The maximum Gasteiger partial charge on any atom is 0.472 e. The lowest BCUT2D eigenvalue weighted by molar-refractivity contribution is -0.161. The zero-order valence-corrected chi connectivity index (χ0v) is 56.3. The Labute approximate surface area is 511 Å². The van der Waals surface area contributed by atoms with Crippen LogP contribution in [0.2, 0.25) is 0 Å². The summed E-state index contributed by atoms with van der Waals surface area (Å²) in [5.41, 5.74) is 0. The fraction of sp³-hybridized carbons (Fsp3) is 0.938. The second-order valence-corrected chi connectivity index (χ2v) is 27.8. The summed E-state index contributed by atoms with van der Waals surface area (Å²) in [5.74, 6) is 0.765. The van der Waals surface area contributed by atoms with Crippen molar-refractivity contribution < 1.29 is 80.2 Å². The summed E-state index contributed by atoms with van der Waals surface area (Å²) >= 11 is 0. The number of phosphoric ester groups is 2. The summed E-state index contributed by atoms with van der Waals surface area (Å²) in [4.78, 5) is 72.2. The smallest absolute Gasteiger partial charge is 0.462 e. The number of aliphatic hydroxyl groups excluding tert-OH is 1. The molecule has 0 bridgehead atoms. The van der Waals surface area contributed by atoms with Gasteiger partial charge >= 0.3 is 39.5 Å². The normalized spacial score (nSPS) is 15.1. The van der Waals surface area contributed by atoms with E-state index in [0.29, 0.717) is 31.6 Å². The van der Waals surface area contributed by atoms with Crippen LogP contribution in [-0.2, 0) is 65.4 Å². The van der Waals surface area contributed by atoms with E-state index in [-0.39, 0.29) is 25.7 Å². The lowest BCUT2D eigenvalue weighted by Gasteiger charge is -2.21. The van der Waals surface area contributed by atoms with Crippen LogP contribution in [0, 0.1) is 23.7 Å². The molecule has 0 aromatic heterocycles. The van der Waals surface area contributed by atoms with Crippen molar-refractivity contribution in [3.8, 4) is 0 Å². The maximum absolute atomic E-state index is 13.0. The highest BCUT2D eigenvalue weighted by molar-refractivity contribution is 7.47. The van der Waals surface area contributed by atoms with E-state index in [1.54, 1.807) is 0 Å². The van der Waals surface area contributed by atoms with E-state index < -0.39 is 97.5 Å². The van der Waals surface area contributed by atoms with Gasteiger partial charge in [0.25, 0.3) is 0 Å². The van der Waals surface area contributed by atoms with Gasteiger partial charge in [-0.1, -0.05) is 261 Å². The van der Waals surface area contributed by atoms with Crippen LogP contribution < -0.4 is 0 Å². The van der Waals surface area contributed by atoms with Gasteiger partial charge in [0.15, 0.2) is 12.2 Å². The molecule has 0 fully saturated rings. The predicted molar refractivity (Wildman–Crippen MR) is 335 cm³/mol. The molecule has 0 aliphatic carbocycles. The fourth-order valence-electron chi connectivity index (χ4n) is 9.54. The number of unbranched alkanes of at least 4 members (excludes halogenated alkanes) is 26. The first-order valence-electron chi connectivity index (χ1n) is 33.8. The molecule has 4 unspecified atom stereocenters. The van der Waals surface area contributed by atoms with Gasteiger partial charge in [-0.05, 0) is 49.4 Å².